The van der Waals surface area contributed by atoms with Crippen molar-refractivity contribution in [2.45, 2.75) is 63.7 Å². The third-order valence-electron chi connectivity index (χ3n) is 5.22. The van der Waals surface area contributed by atoms with Gasteiger partial charge in [-0.3, -0.25) is 4.79 Å². The summed E-state index contributed by atoms with van der Waals surface area (Å²) in [7, 11) is 0. The molecule has 0 aliphatic heterocycles. The molecule has 0 unspecified atom stereocenters. The summed E-state index contributed by atoms with van der Waals surface area (Å²) in [5, 5.41) is 3.16. The number of hydrogen-bond donors (Lipinski definition) is 1. The average molecular weight is 442 g/mol. The van der Waals surface area contributed by atoms with Gasteiger partial charge in [0, 0.05) is 31.9 Å². The molecule has 0 radical (unpaired) electrons. The summed E-state index contributed by atoms with van der Waals surface area (Å²) in [6.45, 7) is 4.47. The summed E-state index contributed by atoms with van der Waals surface area (Å²) < 4.78 is 43.0. The van der Waals surface area contributed by atoms with Crippen LogP contribution in [-0.2, 0) is 9.53 Å². The number of rotatable bonds is 9. The molecule has 2 saturated carbocycles. The number of thiazole rings is 1. The highest BCUT2D eigenvalue weighted by Crippen LogP contribution is 2.41. The fourth-order valence-corrected chi connectivity index (χ4v) is 4.41. The molecule has 2 aromatic heterocycles. The molecule has 30 heavy (non-hydrogen) atoms. The number of nitrogens with one attached hydrogen (secondary N) is 1. The Kier molecular flexibility index (Phi) is 6.06. The molecule has 7 nitrogen and oxygen atoms in total. The Morgan fingerprint density at radius 2 is 2.07 bits per heavy atom. The van der Waals surface area contributed by atoms with Crippen LogP contribution < -0.4 is 14.8 Å². The average Bonchev–Trinajstić information content (AvgIpc) is 2.99. The molecule has 1 atom stereocenters. The molecule has 0 saturated heterocycles. The first-order valence-corrected chi connectivity index (χ1v) is 10.9. The highest BCUT2D eigenvalue weighted by Gasteiger charge is 2.47. The van der Waals surface area contributed by atoms with Crippen molar-refractivity contribution in [2.24, 2.45) is 5.92 Å². The number of fused-ring (bicyclic) bond motifs is 1. The van der Waals surface area contributed by atoms with Crippen molar-refractivity contribution < 1.29 is 27.8 Å². The monoisotopic (exact) mass is 441 g/mol. The fraction of sp³-hybridized carbons (Fsp3) is 0.650. The van der Waals surface area contributed by atoms with E-state index >= 15 is 0 Å². The van der Waals surface area contributed by atoms with Crippen LogP contribution >= 0.6 is 11.3 Å². The zero-order valence-corrected chi connectivity index (χ0v) is 17.7. The second kappa shape index (κ2) is 8.58. The van der Waals surface area contributed by atoms with Crippen LogP contribution in [0.1, 0.15) is 39.5 Å². The minimum atomic E-state index is -2.62. The van der Waals surface area contributed by atoms with E-state index in [9.17, 15) is 13.6 Å². The van der Waals surface area contributed by atoms with Gasteiger partial charge < -0.3 is 19.5 Å². The van der Waals surface area contributed by atoms with Crippen molar-refractivity contribution in [2.75, 3.05) is 13.2 Å². The summed E-state index contributed by atoms with van der Waals surface area (Å²) >= 11 is 1.24. The van der Waals surface area contributed by atoms with E-state index in [2.05, 4.69) is 15.3 Å². The van der Waals surface area contributed by atoms with Crippen molar-refractivity contribution in [3.05, 3.63) is 12.1 Å². The van der Waals surface area contributed by atoms with Crippen LogP contribution in [-0.4, -0.2) is 53.3 Å². The Hall–Kier alpha value is -2.07. The van der Waals surface area contributed by atoms with Crippen molar-refractivity contribution in [3.8, 4) is 11.1 Å². The number of nitrogens with zero attached hydrogens (tertiary/aromatic N) is 2. The first kappa shape index (κ1) is 21.2. The van der Waals surface area contributed by atoms with E-state index < -0.39 is 12.0 Å². The molecule has 0 bridgehead atoms. The third kappa shape index (κ3) is 5.34. The van der Waals surface area contributed by atoms with Gasteiger partial charge in [0.1, 0.15) is 11.6 Å². The van der Waals surface area contributed by atoms with E-state index in [-0.39, 0.29) is 30.9 Å². The maximum Gasteiger partial charge on any atom is 0.276 e. The first-order chi connectivity index (χ1) is 14.3. The molecule has 0 aromatic carbocycles. The summed E-state index contributed by atoms with van der Waals surface area (Å²) in [5.74, 6) is -1.75. The number of pyridine rings is 1. The van der Waals surface area contributed by atoms with Gasteiger partial charge in [0.25, 0.3) is 11.1 Å². The Bertz CT molecular complexity index is 895. The zero-order valence-electron chi connectivity index (χ0n) is 16.9. The highest BCUT2D eigenvalue weighted by molar-refractivity contribution is 7.19. The number of amides is 1. The Balaban J connectivity index is 1.19. The Labute approximate surface area is 177 Å². The normalized spacial score (nSPS) is 24.0. The standard InChI is InChI=1S/C20H25F2N3O4S/c1-11(23-12(2)26)9-27-14-5-13(6-14)10-28-17-4-3-16-18(25-17)30-19(24-16)29-15-7-20(21,22)8-15/h3-4,11,13-15H,5-10H2,1-2H3,(H,23,26)/t11-,13-,14-/m0/s1. The number of halogens is 2. The summed E-state index contributed by atoms with van der Waals surface area (Å²) in [5.41, 5.74) is 0.666. The van der Waals surface area contributed by atoms with Crippen molar-refractivity contribution in [1.82, 2.24) is 15.3 Å². The minimum absolute atomic E-state index is 0.00258. The molecule has 2 heterocycles. The molecule has 1 N–H and O–H groups in total. The van der Waals surface area contributed by atoms with Crippen molar-refractivity contribution in [3.63, 3.8) is 0 Å². The lowest BCUT2D eigenvalue weighted by atomic mass is 9.83. The first-order valence-electron chi connectivity index (χ1n) is 10.1. The minimum Gasteiger partial charge on any atom is -0.477 e. The van der Waals surface area contributed by atoms with Gasteiger partial charge in [-0.15, -0.1) is 0 Å². The lowest BCUT2D eigenvalue weighted by Crippen LogP contribution is -2.43. The lowest BCUT2D eigenvalue weighted by Gasteiger charge is -2.35. The third-order valence-corrected chi connectivity index (χ3v) is 6.08. The molecule has 0 spiro atoms. The molecular weight excluding hydrogens is 416 g/mol. The van der Waals surface area contributed by atoms with Crippen LogP contribution in [0.25, 0.3) is 10.3 Å². The Morgan fingerprint density at radius 1 is 1.30 bits per heavy atom. The maximum atomic E-state index is 12.9. The molecule has 4 rings (SSSR count). The van der Waals surface area contributed by atoms with Gasteiger partial charge in [-0.05, 0) is 31.7 Å². The summed E-state index contributed by atoms with van der Waals surface area (Å²) in [4.78, 5) is 20.4. The van der Waals surface area contributed by atoms with E-state index in [1.54, 1.807) is 12.1 Å². The number of hydrogen-bond acceptors (Lipinski definition) is 7. The van der Waals surface area contributed by atoms with E-state index in [0.717, 1.165) is 12.8 Å². The number of alkyl halides is 2. The van der Waals surface area contributed by atoms with E-state index in [1.165, 1.54) is 18.3 Å². The second-order valence-electron chi connectivity index (χ2n) is 8.16. The molecule has 164 valence electrons. The van der Waals surface area contributed by atoms with Crippen LogP contribution in [0.15, 0.2) is 12.1 Å². The van der Waals surface area contributed by atoms with E-state index in [0.29, 0.717) is 40.6 Å². The molecule has 2 fully saturated rings. The highest BCUT2D eigenvalue weighted by atomic mass is 32.1. The molecule has 10 heteroatoms. The molecule has 2 aromatic rings. The van der Waals surface area contributed by atoms with Crippen LogP contribution in [0.4, 0.5) is 8.78 Å². The molecular formula is C20H25F2N3O4S. The summed E-state index contributed by atoms with van der Waals surface area (Å²) in [6, 6.07) is 3.56. The molecule has 1 amide bonds. The Morgan fingerprint density at radius 3 is 2.77 bits per heavy atom. The zero-order chi connectivity index (χ0) is 21.3. The number of aromatic nitrogens is 2. The topological polar surface area (TPSA) is 82.6 Å². The summed E-state index contributed by atoms with van der Waals surface area (Å²) in [6.07, 6.45) is 1.03. The SMILES string of the molecule is CC(=O)N[C@@H](C)CO[C@H]1C[C@H](COc2ccc3nc(OC4CC(F)(F)C4)sc3n2)C1. The van der Waals surface area contributed by atoms with E-state index in [4.69, 9.17) is 14.2 Å². The molecule has 2 aliphatic rings. The second-order valence-corrected chi connectivity index (χ2v) is 9.10. The predicted octanol–water partition coefficient (Wildman–Crippen LogP) is 3.57. The van der Waals surface area contributed by atoms with Gasteiger partial charge in [0.15, 0.2) is 4.83 Å². The quantitative estimate of drug-likeness (QED) is 0.641. The van der Waals surface area contributed by atoms with Gasteiger partial charge >= 0.3 is 0 Å². The smallest absolute Gasteiger partial charge is 0.276 e. The van der Waals surface area contributed by atoms with Gasteiger partial charge in [-0.1, -0.05) is 11.3 Å². The number of carbonyl (C=O) groups excluding carboxylic acids is 1. The van der Waals surface area contributed by atoms with Gasteiger partial charge in [0.2, 0.25) is 11.8 Å². The van der Waals surface area contributed by atoms with Crippen LogP contribution in [0.3, 0.4) is 0 Å². The largest absolute Gasteiger partial charge is 0.477 e. The lowest BCUT2D eigenvalue weighted by molar-refractivity contribution is -0.134. The van der Waals surface area contributed by atoms with Crippen LogP contribution in [0, 0.1) is 5.92 Å². The van der Waals surface area contributed by atoms with Gasteiger partial charge in [0.05, 0.1) is 19.3 Å². The predicted molar refractivity (Wildman–Crippen MR) is 107 cm³/mol. The van der Waals surface area contributed by atoms with E-state index in [1.807, 2.05) is 6.92 Å². The fourth-order valence-electron chi connectivity index (χ4n) is 3.56. The maximum absolute atomic E-state index is 12.9. The number of ether oxygens (including phenoxy) is 3. The number of carbonyl (C=O) groups is 1. The molecule has 2 aliphatic carbocycles. The van der Waals surface area contributed by atoms with Crippen molar-refractivity contribution >= 4 is 27.6 Å². The van der Waals surface area contributed by atoms with Gasteiger partial charge in [-0.25, -0.2) is 18.7 Å². The van der Waals surface area contributed by atoms with Gasteiger partial charge in [-0.2, -0.15) is 0 Å². The van der Waals surface area contributed by atoms with Crippen molar-refractivity contribution in [1.29, 1.82) is 0 Å². The van der Waals surface area contributed by atoms with Crippen LogP contribution in [0.2, 0.25) is 0 Å². The van der Waals surface area contributed by atoms with Crippen LogP contribution in [0.5, 0.6) is 11.1 Å².